The van der Waals surface area contributed by atoms with Crippen molar-refractivity contribution >= 4 is 17.7 Å². The van der Waals surface area contributed by atoms with Crippen molar-refractivity contribution in [3.63, 3.8) is 0 Å². The summed E-state index contributed by atoms with van der Waals surface area (Å²) in [6.07, 6.45) is 3.36. The van der Waals surface area contributed by atoms with Gasteiger partial charge in [0.15, 0.2) is 0 Å². The minimum Gasteiger partial charge on any atom is -0.496 e. The molecular formula is C24H21N3O4. The molecule has 1 aliphatic heterocycles. The van der Waals surface area contributed by atoms with Gasteiger partial charge in [-0.3, -0.25) is 24.3 Å². The van der Waals surface area contributed by atoms with Gasteiger partial charge in [-0.1, -0.05) is 18.2 Å². The highest BCUT2D eigenvalue weighted by Gasteiger charge is 2.35. The number of rotatable bonds is 6. The third kappa shape index (κ3) is 3.90. The van der Waals surface area contributed by atoms with Gasteiger partial charge in [0.25, 0.3) is 17.7 Å². The first-order valence-corrected chi connectivity index (χ1v) is 9.76. The zero-order chi connectivity index (χ0) is 22.0. The van der Waals surface area contributed by atoms with E-state index >= 15 is 0 Å². The van der Waals surface area contributed by atoms with E-state index in [9.17, 15) is 14.4 Å². The molecule has 0 saturated carbocycles. The predicted molar refractivity (Wildman–Crippen MR) is 114 cm³/mol. The van der Waals surface area contributed by atoms with Gasteiger partial charge in [-0.2, -0.15) is 0 Å². The van der Waals surface area contributed by atoms with Gasteiger partial charge in [-0.15, -0.1) is 0 Å². The molecule has 156 valence electrons. The van der Waals surface area contributed by atoms with Crippen molar-refractivity contribution < 1.29 is 19.1 Å². The first-order valence-electron chi connectivity index (χ1n) is 9.76. The summed E-state index contributed by atoms with van der Waals surface area (Å²) in [5, 5.41) is 0. The highest BCUT2D eigenvalue weighted by atomic mass is 16.5. The molecule has 2 heterocycles. The van der Waals surface area contributed by atoms with Gasteiger partial charge < -0.3 is 9.64 Å². The van der Waals surface area contributed by atoms with Crippen LogP contribution in [0.3, 0.4) is 0 Å². The molecule has 0 aliphatic carbocycles. The normalized spacial score (nSPS) is 12.6. The Balaban J connectivity index is 1.57. The Morgan fingerprint density at radius 1 is 0.968 bits per heavy atom. The third-order valence-corrected chi connectivity index (χ3v) is 5.23. The molecule has 4 rings (SSSR count). The van der Waals surface area contributed by atoms with Crippen molar-refractivity contribution in [1.82, 2.24) is 14.8 Å². The summed E-state index contributed by atoms with van der Waals surface area (Å²) in [5.41, 5.74) is 2.78. The molecule has 31 heavy (non-hydrogen) atoms. The van der Waals surface area contributed by atoms with Crippen molar-refractivity contribution in [1.29, 1.82) is 0 Å². The van der Waals surface area contributed by atoms with Crippen LogP contribution in [-0.2, 0) is 13.1 Å². The SMILES string of the molecule is COc1ccc(CN2C(=O)c3ccccc3C2=O)cc1C(=O)N(C)Cc1ccncc1. The molecule has 2 aromatic carbocycles. The number of nitrogens with zero attached hydrogens (tertiary/aromatic N) is 3. The van der Waals surface area contributed by atoms with Gasteiger partial charge in [0.1, 0.15) is 5.75 Å². The predicted octanol–water partition coefficient (Wildman–Crippen LogP) is 3.16. The molecule has 0 saturated heterocycles. The van der Waals surface area contributed by atoms with Gasteiger partial charge in [-0.25, -0.2) is 0 Å². The third-order valence-electron chi connectivity index (χ3n) is 5.23. The van der Waals surface area contributed by atoms with E-state index < -0.39 is 0 Å². The fraction of sp³-hybridized carbons (Fsp3) is 0.167. The summed E-state index contributed by atoms with van der Waals surface area (Å²) in [4.78, 5) is 45.2. The number of amides is 3. The molecule has 3 aromatic rings. The molecule has 0 unspecified atom stereocenters. The van der Waals surface area contributed by atoms with Gasteiger partial charge in [-0.05, 0) is 47.5 Å². The fourth-order valence-electron chi connectivity index (χ4n) is 3.63. The van der Waals surface area contributed by atoms with E-state index in [2.05, 4.69) is 4.98 Å². The van der Waals surface area contributed by atoms with E-state index in [0.717, 1.165) is 5.56 Å². The topological polar surface area (TPSA) is 79.8 Å². The maximum Gasteiger partial charge on any atom is 0.261 e. The Kier molecular flexibility index (Phi) is 5.49. The van der Waals surface area contributed by atoms with Crippen molar-refractivity contribution in [2.24, 2.45) is 0 Å². The average molecular weight is 415 g/mol. The van der Waals surface area contributed by atoms with Crippen molar-refractivity contribution in [3.05, 3.63) is 94.8 Å². The number of hydrogen-bond donors (Lipinski definition) is 0. The van der Waals surface area contributed by atoms with Crippen molar-refractivity contribution in [2.45, 2.75) is 13.1 Å². The van der Waals surface area contributed by atoms with Crippen molar-refractivity contribution in [2.75, 3.05) is 14.2 Å². The maximum absolute atomic E-state index is 13.1. The van der Waals surface area contributed by atoms with Crippen LogP contribution < -0.4 is 4.74 Å². The quantitative estimate of drug-likeness (QED) is 0.578. The molecular weight excluding hydrogens is 394 g/mol. The molecule has 1 aromatic heterocycles. The highest BCUT2D eigenvalue weighted by molar-refractivity contribution is 6.21. The minimum absolute atomic E-state index is 0.0741. The molecule has 0 bridgehead atoms. The molecule has 3 amide bonds. The first kappa shape index (κ1) is 20.3. The number of pyridine rings is 1. The van der Waals surface area contributed by atoms with Crippen LogP contribution in [0.5, 0.6) is 5.75 Å². The second kappa shape index (κ2) is 8.39. The second-order valence-electron chi connectivity index (χ2n) is 7.29. The van der Waals surface area contributed by atoms with E-state index in [1.165, 1.54) is 12.0 Å². The van der Waals surface area contributed by atoms with Gasteiger partial charge in [0.2, 0.25) is 0 Å². The Labute approximate surface area is 179 Å². The number of methoxy groups -OCH3 is 1. The van der Waals surface area contributed by atoms with Crippen LogP contribution in [0.2, 0.25) is 0 Å². The van der Waals surface area contributed by atoms with E-state index in [1.54, 1.807) is 66.8 Å². The lowest BCUT2D eigenvalue weighted by Gasteiger charge is -2.20. The summed E-state index contributed by atoms with van der Waals surface area (Å²) < 4.78 is 5.38. The lowest BCUT2D eigenvalue weighted by molar-refractivity contribution is 0.0642. The van der Waals surface area contributed by atoms with Crippen LogP contribution in [0.4, 0.5) is 0 Å². The molecule has 0 N–H and O–H groups in total. The van der Waals surface area contributed by atoms with Crippen LogP contribution in [0.15, 0.2) is 67.0 Å². The Bertz CT molecular complexity index is 1130. The lowest BCUT2D eigenvalue weighted by atomic mass is 10.1. The van der Waals surface area contributed by atoms with E-state index in [4.69, 9.17) is 4.74 Å². The summed E-state index contributed by atoms with van der Waals surface area (Å²) in [5.74, 6) is -0.464. The number of aromatic nitrogens is 1. The number of carbonyl (C=O) groups excluding carboxylic acids is 3. The minimum atomic E-state index is -0.334. The smallest absolute Gasteiger partial charge is 0.261 e. The summed E-state index contributed by atoms with van der Waals surface area (Å²) in [7, 11) is 3.21. The fourth-order valence-corrected chi connectivity index (χ4v) is 3.63. The van der Waals surface area contributed by atoms with Gasteiger partial charge in [0, 0.05) is 26.0 Å². The highest BCUT2D eigenvalue weighted by Crippen LogP contribution is 2.27. The number of imide groups is 1. The molecule has 7 heteroatoms. The molecule has 0 radical (unpaired) electrons. The number of carbonyl (C=O) groups is 3. The zero-order valence-corrected chi connectivity index (χ0v) is 17.2. The Hall–Kier alpha value is -4.00. The standard InChI is InChI=1S/C24H21N3O4/c1-26(14-16-9-11-25-12-10-16)22(28)20-13-17(7-8-21(20)31-2)15-27-23(29)18-5-3-4-6-19(18)24(27)30/h3-13H,14-15H2,1-2H3. The molecule has 1 aliphatic rings. The van der Waals surface area contributed by atoms with E-state index in [-0.39, 0.29) is 24.3 Å². The summed E-state index contributed by atoms with van der Waals surface area (Å²) >= 11 is 0. The van der Waals surface area contributed by atoms with Crippen LogP contribution in [0.25, 0.3) is 0 Å². The molecule has 0 spiro atoms. The van der Waals surface area contributed by atoms with Crippen LogP contribution >= 0.6 is 0 Å². The monoisotopic (exact) mass is 415 g/mol. The molecule has 7 nitrogen and oxygen atoms in total. The number of benzene rings is 2. The van der Waals surface area contributed by atoms with Crippen LogP contribution in [-0.4, -0.2) is 46.7 Å². The Morgan fingerprint density at radius 2 is 1.61 bits per heavy atom. The van der Waals surface area contributed by atoms with Gasteiger partial charge in [0.05, 0.1) is 30.3 Å². The second-order valence-corrected chi connectivity index (χ2v) is 7.29. The average Bonchev–Trinajstić information content (AvgIpc) is 3.04. The Morgan fingerprint density at radius 3 is 2.23 bits per heavy atom. The van der Waals surface area contributed by atoms with Crippen LogP contribution in [0, 0.1) is 0 Å². The van der Waals surface area contributed by atoms with Crippen LogP contribution in [0.1, 0.15) is 42.2 Å². The maximum atomic E-state index is 13.1. The zero-order valence-electron chi connectivity index (χ0n) is 17.2. The van der Waals surface area contributed by atoms with E-state index in [0.29, 0.717) is 34.5 Å². The summed E-state index contributed by atoms with van der Waals surface area (Å²) in [6, 6.07) is 15.6. The molecule has 0 fully saturated rings. The van der Waals surface area contributed by atoms with Gasteiger partial charge >= 0.3 is 0 Å². The number of fused-ring (bicyclic) bond motifs is 1. The first-order chi connectivity index (χ1) is 15.0. The number of hydrogen-bond acceptors (Lipinski definition) is 5. The summed E-state index contributed by atoms with van der Waals surface area (Å²) in [6.45, 7) is 0.484. The van der Waals surface area contributed by atoms with Crippen molar-refractivity contribution in [3.8, 4) is 5.75 Å². The lowest BCUT2D eigenvalue weighted by Crippen LogP contribution is -2.30. The molecule has 0 atom stereocenters. The number of ether oxygens (including phenoxy) is 1. The van der Waals surface area contributed by atoms with E-state index in [1.807, 2.05) is 12.1 Å². The largest absolute Gasteiger partial charge is 0.496 e.